The quantitative estimate of drug-likeness (QED) is 0.208. The molecule has 1 aromatic carbocycles. The van der Waals surface area contributed by atoms with Gasteiger partial charge in [-0.1, -0.05) is 83.6 Å². The highest BCUT2D eigenvalue weighted by molar-refractivity contribution is 5.98. The molecule has 0 saturated heterocycles. The molecule has 4 N–H and O–H groups in total. The highest BCUT2D eigenvalue weighted by atomic mass is 16.6. The fraction of sp³-hybridized carbons (Fsp3) is 0.588. The number of benzene rings is 1. The molecule has 2 unspecified atom stereocenters. The minimum atomic E-state index is -0.848. The third kappa shape index (κ3) is 10.5. The first-order valence-corrected chi connectivity index (χ1v) is 15.2. The summed E-state index contributed by atoms with van der Waals surface area (Å²) in [7, 11) is 1.54. The van der Waals surface area contributed by atoms with Gasteiger partial charge in [0.05, 0.1) is 17.9 Å². The lowest BCUT2D eigenvalue weighted by molar-refractivity contribution is -0.122. The van der Waals surface area contributed by atoms with Crippen molar-refractivity contribution < 1.29 is 34.0 Å². The van der Waals surface area contributed by atoms with Gasteiger partial charge in [-0.3, -0.25) is 9.69 Å². The number of methoxy groups -OCH3 is 1. The summed E-state index contributed by atoms with van der Waals surface area (Å²) < 4.78 is 16.1. The van der Waals surface area contributed by atoms with E-state index in [-0.39, 0.29) is 48.8 Å². The van der Waals surface area contributed by atoms with Gasteiger partial charge < -0.3 is 30.2 Å². The Kier molecular flexibility index (Phi) is 14.4. The Bertz CT molecular complexity index is 1150. The summed E-state index contributed by atoms with van der Waals surface area (Å²) in [5, 5.41) is 22.2. The summed E-state index contributed by atoms with van der Waals surface area (Å²) in [6.07, 6.45) is 8.71. The molecule has 43 heavy (non-hydrogen) atoms. The number of nitrogens with two attached hydrogens (primary N) is 1. The van der Waals surface area contributed by atoms with Gasteiger partial charge in [-0.25, -0.2) is 4.79 Å². The summed E-state index contributed by atoms with van der Waals surface area (Å²) in [5.74, 6) is -0.324. The van der Waals surface area contributed by atoms with E-state index >= 15 is 0 Å². The van der Waals surface area contributed by atoms with Crippen molar-refractivity contribution in [2.24, 2.45) is 35.3 Å². The number of anilines is 1. The summed E-state index contributed by atoms with van der Waals surface area (Å²) in [4.78, 5) is 25.4. The molecule has 0 fully saturated rings. The first-order chi connectivity index (χ1) is 20.3. The van der Waals surface area contributed by atoms with Crippen LogP contribution in [0.2, 0.25) is 0 Å². The number of rotatable bonds is 16. The highest BCUT2D eigenvalue weighted by Crippen LogP contribution is 2.34. The van der Waals surface area contributed by atoms with Gasteiger partial charge in [0.2, 0.25) is 0 Å². The second kappa shape index (κ2) is 17.2. The van der Waals surface area contributed by atoms with Gasteiger partial charge in [-0.15, -0.1) is 0 Å². The molecular weight excluding hydrogens is 548 g/mol. The molecule has 0 bridgehead atoms. The zero-order chi connectivity index (χ0) is 32.3. The Labute approximate surface area is 257 Å². The number of amides is 2. The topological polar surface area (TPSA) is 132 Å². The van der Waals surface area contributed by atoms with Gasteiger partial charge >= 0.3 is 6.09 Å². The second-order valence-electron chi connectivity index (χ2n) is 12.0. The zero-order valence-electron chi connectivity index (χ0n) is 27.0. The molecule has 0 spiro atoms. The lowest BCUT2D eigenvalue weighted by Gasteiger charge is -2.33. The van der Waals surface area contributed by atoms with Crippen LogP contribution in [0.3, 0.4) is 0 Å². The molecule has 1 aromatic rings. The van der Waals surface area contributed by atoms with Crippen LogP contribution in [0, 0.1) is 29.6 Å². The maximum atomic E-state index is 12.3. The van der Waals surface area contributed by atoms with Crippen LogP contribution >= 0.6 is 0 Å². The first kappa shape index (κ1) is 36.1. The molecule has 1 heterocycles. The van der Waals surface area contributed by atoms with E-state index < -0.39 is 24.4 Å². The Morgan fingerprint density at radius 2 is 1.79 bits per heavy atom. The number of hydrogen-bond donors (Lipinski definition) is 3. The first-order valence-electron chi connectivity index (χ1n) is 15.2. The van der Waals surface area contributed by atoms with Crippen LogP contribution in [0.25, 0.3) is 6.08 Å². The standard InChI is InChI=1S/C34H52N2O7/c1-9-10-11-23(4)33(43-34(35)40)26(7)32(39)25(6)17-21(2)16-24(5)31(38)22(3)12-13-27-14-15-29-28(18-27)36(20-41-8)30(37)19-42-29/h10-16,18,22-26,31-33,38-39H,9,17,19-20H2,1-8H3,(H2,35,40)/b11-10-,13-12-,21-16-/t22?,23?,24-,25-,26-,31-,32+,33-/m0/s1. The second-order valence-corrected chi connectivity index (χ2v) is 12.0. The molecule has 0 aromatic heterocycles. The van der Waals surface area contributed by atoms with Crippen molar-refractivity contribution in [2.75, 3.05) is 25.3 Å². The van der Waals surface area contributed by atoms with Crippen LogP contribution < -0.4 is 15.4 Å². The molecule has 2 rings (SSSR count). The van der Waals surface area contributed by atoms with Gasteiger partial charge in [-0.05, 0) is 43.4 Å². The number of allylic oxidation sites excluding steroid dienone is 2. The van der Waals surface area contributed by atoms with Crippen molar-refractivity contribution in [3.8, 4) is 5.75 Å². The summed E-state index contributed by atoms with van der Waals surface area (Å²) in [5.41, 5.74) is 7.94. The van der Waals surface area contributed by atoms with E-state index in [1.54, 1.807) is 12.0 Å². The van der Waals surface area contributed by atoms with Crippen LogP contribution in [0.15, 0.2) is 48.1 Å². The Morgan fingerprint density at radius 1 is 1.09 bits per heavy atom. The molecule has 1 aliphatic rings. The minimum absolute atomic E-state index is 0.0174. The van der Waals surface area contributed by atoms with Gasteiger partial charge in [0, 0.05) is 30.8 Å². The summed E-state index contributed by atoms with van der Waals surface area (Å²) in [6, 6.07) is 5.62. The van der Waals surface area contributed by atoms with Crippen molar-refractivity contribution in [3.05, 3.63) is 53.6 Å². The van der Waals surface area contributed by atoms with Crippen molar-refractivity contribution in [1.29, 1.82) is 0 Å². The molecule has 9 nitrogen and oxygen atoms in total. The van der Waals surface area contributed by atoms with E-state index in [9.17, 15) is 19.8 Å². The fourth-order valence-corrected chi connectivity index (χ4v) is 5.69. The molecule has 2 amide bonds. The Morgan fingerprint density at radius 3 is 2.42 bits per heavy atom. The largest absolute Gasteiger partial charge is 0.482 e. The number of carbonyl (C=O) groups excluding carboxylic acids is 2. The molecule has 9 heteroatoms. The van der Waals surface area contributed by atoms with Crippen molar-refractivity contribution in [1.82, 2.24) is 0 Å². The van der Waals surface area contributed by atoms with E-state index in [0.717, 1.165) is 17.6 Å². The maximum absolute atomic E-state index is 12.3. The predicted octanol–water partition coefficient (Wildman–Crippen LogP) is 5.70. The lowest BCUT2D eigenvalue weighted by atomic mass is 9.81. The number of nitrogens with zero attached hydrogens (tertiary/aromatic N) is 1. The Balaban J connectivity index is 2.04. The normalized spacial score (nSPS) is 19.7. The van der Waals surface area contributed by atoms with E-state index in [2.05, 4.69) is 6.08 Å². The SMILES string of the molecule is CC/C=C\C(C)[C@H](OC(N)=O)[C@@H](C)[C@H](O)[C@@H](C)C/C(C)=C\[C@H](C)[C@@H](O)C(C)/C=C\c1ccc2c(c1)N(COC)C(=O)CO2. The Hall–Kier alpha value is -3.14. The van der Waals surface area contributed by atoms with Crippen molar-refractivity contribution in [3.63, 3.8) is 0 Å². The van der Waals surface area contributed by atoms with E-state index in [4.69, 9.17) is 19.9 Å². The van der Waals surface area contributed by atoms with Gasteiger partial charge in [0.25, 0.3) is 5.91 Å². The average molecular weight is 601 g/mol. The summed E-state index contributed by atoms with van der Waals surface area (Å²) in [6.45, 7) is 13.9. The maximum Gasteiger partial charge on any atom is 0.404 e. The molecule has 0 aliphatic carbocycles. The van der Waals surface area contributed by atoms with E-state index in [1.165, 1.54) is 0 Å². The minimum Gasteiger partial charge on any atom is -0.482 e. The smallest absolute Gasteiger partial charge is 0.404 e. The van der Waals surface area contributed by atoms with Crippen LogP contribution in [0.5, 0.6) is 5.75 Å². The third-order valence-electron chi connectivity index (χ3n) is 8.13. The number of carbonyl (C=O) groups is 2. The van der Waals surface area contributed by atoms with Crippen LogP contribution in [-0.2, 0) is 14.3 Å². The van der Waals surface area contributed by atoms with Gasteiger partial charge in [0.1, 0.15) is 18.6 Å². The molecule has 0 radical (unpaired) electrons. The monoisotopic (exact) mass is 600 g/mol. The molecule has 240 valence electrons. The third-order valence-corrected chi connectivity index (χ3v) is 8.13. The molecule has 8 atom stereocenters. The molecule has 1 aliphatic heterocycles. The molecular formula is C34H52N2O7. The zero-order valence-corrected chi connectivity index (χ0v) is 27.0. The van der Waals surface area contributed by atoms with Crippen molar-refractivity contribution >= 4 is 23.8 Å². The fourth-order valence-electron chi connectivity index (χ4n) is 5.69. The van der Waals surface area contributed by atoms with E-state index in [1.807, 2.05) is 91.0 Å². The number of ether oxygens (including phenoxy) is 3. The number of fused-ring (bicyclic) bond motifs is 1. The number of aliphatic hydroxyl groups excluding tert-OH is 2. The van der Waals surface area contributed by atoms with Gasteiger partial charge in [-0.2, -0.15) is 0 Å². The van der Waals surface area contributed by atoms with Gasteiger partial charge in [0.15, 0.2) is 6.61 Å². The van der Waals surface area contributed by atoms with Crippen molar-refractivity contribution in [2.45, 2.75) is 79.6 Å². The van der Waals surface area contributed by atoms with Crippen LogP contribution in [-0.4, -0.2) is 61.0 Å². The highest BCUT2D eigenvalue weighted by Gasteiger charge is 2.33. The molecule has 0 saturated carbocycles. The van der Waals surface area contributed by atoms with Crippen LogP contribution in [0.1, 0.15) is 66.9 Å². The number of primary amides is 1. The summed E-state index contributed by atoms with van der Waals surface area (Å²) >= 11 is 0. The number of aliphatic hydroxyl groups is 2. The predicted molar refractivity (Wildman–Crippen MR) is 170 cm³/mol. The van der Waals surface area contributed by atoms with E-state index in [0.29, 0.717) is 17.9 Å². The van der Waals surface area contributed by atoms with Crippen LogP contribution in [0.4, 0.5) is 10.5 Å². The average Bonchev–Trinajstić information content (AvgIpc) is 2.97. The number of hydrogen-bond acceptors (Lipinski definition) is 7. The lowest BCUT2D eigenvalue weighted by Crippen LogP contribution is -2.41.